The maximum atomic E-state index is 12.9. The van der Waals surface area contributed by atoms with Gasteiger partial charge >= 0.3 is 17.9 Å². The van der Waals surface area contributed by atoms with Gasteiger partial charge in [0, 0.05) is 19.3 Å². The second-order valence-corrected chi connectivity index (χ2v) is 22.7. The van der Waals surface area contributed by atoms with E-state index in [4.69, 9.17) is 14.2 Å². The molecule has 0 aromatic carbocycles. The van der Waals surface area contributed by atoms with Crippen LogP contribution >= 0.6 is 0 Å². The van der Waals surface area contributed by atoms with Crippen LogP contribution in [0.2, 0.25) is 0 Å². The van der Waals surface area contributed by atoms with Crippen LogP contribution in [-0.4, -0.2) is 37.2 Å². The fourth-order valence-electron chi connectivity index (χ4n) is 9.71. The summed E-state index contributed by atoms with van der Waals surface area (Å²) >= 11 is 0. The van der Waals surface area contributed by atoms with E-state index < -0.39 is 6.10 Å². The van der Waals surface area contributed by atoms with Crippen LogP contribution in [0.1, 0.15) is 335 Å². The zero-order valence-electron chi connectivity index (χ0n) is 52.8. The number of carbonyl (C=O) groups is 3. The largest absolute Gasteiger partial charge is 0.462 e. The number of allylic oxidation sites excluding steroid dienone is 16. The standard InChI is InChI=1S/C74H128O6/c1-4-7-10-13-16-19-22-24-26-28-29-30-31-32-33-34-35-36-37-38-39-40-41-42-43-44-45-46-48-49-52-55-58-61-64-67-73(76)79-70-71(69-78-72(75)66-63-60-57-54-51-21-18-15-12-9-6-3)80-74(77)68-65-62-59-56-53-50-47-27-25-23-20-17-14-11-8-5-2/h7,10,16,19,24,26-27,29-30,32-33,35-36,38-39,47,71H,4-6,8-9,11-15,17-18,20-23,25,28,31,34,37,40-46,48-70H2,1-3H3/b10-7-,19-16-,26-24-,30-29-,33-32-,36-35-,39-38-,47-27-. The topological polar surface area (TPSA) is 78.9 Å². The minimum atomic E-state index is -0.779. The van der Waals surface area contributed by atoms with Crippen molar-refractivity contribution >= 4 is 17.9 Å². The first-order chi connectivity index (χ1) is 39.5. The van der Waals surface area contributed by atoms with Crippen LogP contribution in [0.4, 0.5) is 0 Å². The summed E-state index contributed by atoms with van der Waals surface area (Å²) < 4.78 is 16.9. The molecular formula is C74H128O6. The van der Waals surface area contributed by atoms with Crippen molar-refractivity contribution in [2.24, 2.45) is 0 Å². The third kappa shape index (κ3) is 65.1. The summed E-state index contributed by atoms with van der Waals surface area (Å²) in [5, 5.41) is 0. The minimum absolute atomic E-state index is 0.0759. The molecular weight excluding hydrogens is 985 g/mol. The van der Waals surface area contributed by atoms with Gasteiger partial charge in [-0.2, -0.15) is 0 Å². The molecule has 0 aromatic heterocycles. The van der Waals surface area contributed by atoms with Crippen LogP contribution in [0, 0.1) is 0 Å². The van der Waals surface area contributed by atoms with Crippen molar-refractivity contribution in [2.75, 3.05) is 13.2 Å². The predicted molar refractivity (Wildman–Crippen MR) is 348 cm³/mol. The highest BCUT2D eigenvalue weighted by Gasteiger charge is 2.19. The molecule has 0 spiro atoms. The molecule has 0 saturated heterocycles. The first-order valence-corrected chi connectivity index (χ1v) is 34.2. The second-order valence-electron chi connectivity index (χ2n) is 22.7. The second kappa shape index (κ2) is 67.8. The Hall–Kier alpha value is -3.67. The monoisotopic (exact) mass is 1110 g/mol. The lowest BCUT2D eigenvalue weighted by atomic mass is 10.0. The first-order valence-electron chi connectivity index (χ1n) is 34.2. The van der Waals surface area contributed by atoms with E-state index in [1.54, 1.807) is 0 Å². The number of unbranched alkanes of at least 4 members (excludes halogenated alkanes) is 35. The highest BCUT2D eigenvalue weighted by molar-refractivity contribution is 5.71. The van der Waals surface area contributed by atoms with E-state index in [2.05, 4.69) is 118 Å². The van der Waals surface area contributed by atoms with E-state index in [1.165, 1.54) is 186 Å². The number of carbonyl (C=O) groups excluding carboxylic acids is 3. The lowest BCUT2D eigenvalue weighted by molar-refractivity contribution is -0.167. The van der Waals surface area contributed by atoms with Crippen LogP contribution < -0.4 is 0 Å². The molecule has 0 amide bonds. The Morgan fingerprint density at radius 1 is 0.263 bits per heavy atom. The van der Waals surface area contributed by atoms with E-state index in [0.29, 0.717) is 19.3 Å². The quantitative estimate of drug-likeness (QED) is 0.0261. The van der Waals surface area contributed by atoms with Gasteiger partial charge in [-0.1, -0.05) is 311 Å². The molecule has 1 unspecified atom stereocenters. The molecule has 6 heteroatoms. The Morgan fingerprint density at radius 3 is 0.775 bits per heavy atom. The smallest absolute Gasteiger partial charge is 0.306 e. The summed E-state index contributed by atoms with van der Waals surface area (Å²) in [4.78, 5) is 38.3. The van der Waals surface area contributed by atoms with E-state index in [9.17, 15) is 14.4 Å². The molecule has 0 rings (SSSR count). The average Bonchev–Trinajstić information content (AvgIpc) is 3.46. The van der Waals surface area contributed by atoms with Gasteiger partial charge in [-0.3, -0.25) is 14.4 Å². The Kier molecular flexibility index (Phi) is 64.7. The molecule has 0 aliphatic carbocycles. The first kappa shape index (κ1) is 76.3. The molecule has 0 radical (unpaired) electrons. The van der Waals surface area contributed by atoms with E-state index in [0.717, 1.165) is 109 Å². The van der Waals surface area contributed by atoms with Gasteiger partial charge in [-0.15, -0.1) is 0 Å². The van der Waals surface area contributed by atoms with Crippen molar-refractivity contribution in [3.8, 4) is 0 Å². The van der Waals surface area contributed by atoms with Crippen LogP contribution in [-0.2, 0) is 28.6 Å². The van der Waals surface area contributed by atoms with Crippen LogP contribution in [0.25, 0.3) is 0 Å². The summed E-state index contributed by atoms with van der Waals surface area (Å²) in [6, 6.07) is 0. The molecule has 80 heavy (non-hydrogen) atoms. The van der Waals surface area contributed by atoms with Crippen molar-refractivity contribution in [3.05, 3.63) is 97.2 Å². The Morgan fingerprint density at radius 2 is 0.487 bits per heavy atom. The maximum absolute atomic E-state index is 12.9. The number of hydrogen-bond donors (Lipinski definition) is 0. The molecule has 460 valence electrons. The number of hydrogen-bond acceptors (Lipinski definition) is 6. The molecule has 0 fully saturated rings. The molecule has 0 N–H and O–H groups in total. The van der Waals surface area contributed by atoms with Gasteiger partial charge in [-0.05, 0) is 103 Å². The summed E-state index contributed by atoms with van der Waals surface area (Å²) in [6.07, 6.45) is 91.5. The Labute approximate surface area is 496 Å². The lowest BCUT2D eigenvalue weighted by Gasteiger charge is -2.18. The fourth-order valence-corrected chi connectivity index (χ4v) is 9.71. The van der Waals surface area contributed by atoms with E-state index in [-0.39, 0.29) is 31.1 Å². The predicted octanol–water partition coefficient (Wildman–Crippen LogP) is 23.6. The van der Waals surface area contributed by atoms with Crippen LogP contribution in [0.5, 0.6) is 0 Å². The van der Waals surface area contributed by atoms with E-state index >= 15 is 0 Å². The SMILES string of the molecule is CC/C=C\C/C=C\C/C=C\C/C=C\C/C=C\C/C=C\C/C=C\CCCCCCCCCCCCCCCC(=O)OCC(COC(=O)CCCCCCCCCCCCC)OC(=O)CCCCCCC/C=C\CCCCCCCCC. The molecule has 0 heterocycles. The zero-order chi connectivity index (χ0) is 57.8. The highest BCUT2D eigenvalue weighted by Crippen LogP contribution is 2.17. The third-order valence-corrected chi connectivity index (χ3v) is 14.8. The molecule has 0 aliphatic rings. The van der Waals surface area contributed by atoms with Crippen molar-refractivity contribution < 1.29 is 28.6 Å². The molecule has 6 nitrogen and oxygen atoms in total. The molecule has 0 bridgehead atoms. The van der Waals surface area contributed by atoms with E-state index in [1.807, 2.05) is 0 Å². The number of ether oxygens (including phenoxy) is 3. The maximum Gasteiger partial charge on any atom is 0.306 e. The fraction of sp³-hybridized carbons (Fsp3) is 0.743. The van der Waals surface area contributed by atoms with Crippen LogP contribution in [0.3, 0.4) is 0 Å². The van der Waals surface area contributed by atoms with Gasteiger partial charge in [0.2, 0.25) is 0 Å². The highest BCUT2D eigenvalue weighted by atomic mass is 16.6. The molecule has 0 aromatic rings. The minimum Gasteiger partial charge on any atom is -0.462 e. The van der Waals surface area contributed by atoms with Gasteiger partial charge in [0.1, 0.15) is 13.2 Å². The van der Waals surface area contributed by atoms with Gasteiger partial charge in [-0.25, -0.2) is 0 Å². The van der Waals surface area contributed by atoms with Crippen molar-refractivity contribution in [1.82, 2.24) is 0 Å². The number of rotatable bonds is 62. The van der Waals surface area contributed by atoms with Gasteiger partial charge in [0.25, 0.3) is 0 Å². The van der Waals surface area contributed by atoms with Crippen molar-refractivity contribution in [3.63, 3.8) is 0 Å². The average molecular weight is 1110 g/mol. The summed E-state index contributed by atoms with van der Waals surface area (Å²) in [5.41, 5.74) is 0. The Bertz CT molecular complexity index is 1560. The third-order valence-electron chi connectivity index (χ3n) is 14.8. The van der Waals surface area contributed by atoms with Crippen molar-refractivity contribution in [2.45, 2.75) is 341 Å². The molecule has 0 saturated carbocycles. The summed E-state index contributed by atoms with van der Waals surface area (Å²) in [5.74, 6) is -0.872. The van der Waals surface area contributed by atoms with Crippen molar-refractivity contribution in [1.29, 1.82) is 0 Å². The lowest BCUT2D eigenvalue weighted by Crippen LogP contribution is -2.30. The van der Waals surface area contributed by atoms with Gasteiger partial charge in [0.05, 0.1) is 0 Å². The number of esters is 3. The van der Waals surface area contributed by atoms with Crippen LogP contribution in [0.15, 0.2) is 97.2 Å². The molecule has 1 atom stereocenters. The summed E-state index contributed by atoms with van der Waals surface area (Å²) in [6.45, 7) is 6.54. The normalized spacial score (nSPS) is 12.7. The zero-order valence-corrected chi connectivity index (χ0v) is 52.8. The van der Waals surface area contributed by atoms with Gasteiger partial charge in [0.15, 0.2) is 6.10 Å². The summed E-state index contributed by atoms with van der Waals surface area (Å²) in [7, 11) is 0. The Balaban J connectivity index is 4.14. The molecule has 0 aliphatic heterocycles. The van der Waals surface area contributed by atoms with Gasteiger partial charge < -0.3 is 14.2 Å².